The van der Waals surface area contributed by atoms with E-state index in [2.05, 4.69) is 5.32 Å². The first-order valence-electron chi connectivity index (χ1n) is 12.5. The summed E-state index contributed by atoms with van der Waals surface area (Å²) >= 11 is 0. The fourth-order valence-electron chi connectivity index (χ4n) is 5.65. The third kappa shape index (κ3) is 6.18. The van der Waals surface area contributed by atoms with E-state index in [4.69, 9.17) is 10.8 Å². The third-order valence-corrected chi connectivity index (χ3v) is 7.44. The number of phenols is 2. The molecule has 182 valence electrons. The van der Waals surface area contributed by atoms with Crippen LogP contribution >= 0.6 is 0 Å². The number of unbranched alkanes of at least 4 members (excludes halogenated alkanes) is 6. The van der Waals surface area contributed by atoms with E-state index in [1.165, 1.54) is 25.3 Å². The van der Waals surface area contributed by atoms with Crippen molar-refractivity contribution >= 4 is 5.91 Å². The number of aliphatic hydroxyl groups is 1. The molecule has 1 aromatic rings. The van der Waals surface area contributed by atoms with Crippen LogP contribution in [-0.2, 0) is 10.2 Å². The molecule has 0 aromatic heterocycles. The average molecular weight is 457 g/mol. The number of hydrogen-bond donors (Lipinski definition) is 5. The van der Waals surface area contributed by atoms with Gasteiger partial charge in [-0.15, -0.1) is 0 Å². The second kappa shape index (κ2) is 12.2. The Morgan fingerprint density at radius 1 is 1.12 bits per heavy atom. The second-order valence-corrected chi connectivity index (χ2v) is 9.57. The van der Waals surface area contributed by atoms with Crippen molar-refractivity contribution in [2.75, 3.05) is 13.2 Å². The second-order valence-electron chi connectivity index (χ2n) is 9.57. The van der Waals surface area contributed by atoms with Gasteiger partial charge in [0.15, 0.2) is 11.5 Å². The van der Waals surface area contributed by atoms with E-state index >= 15 is 0 Å². The summed E-state index contributed by atoms with van der Waals surface area (Å²) in [6, 6.07) is 5.48. The number of phenolic OH excluding ortho intramolecular Hbond substituents is 2. The van der Waals surface area contributed by atoms with E-state index in [9.17, 15) is 15.0 Å². The van der Waals surface area contributed by atoms with E-state index in [0.29, 0.717) is 23.6 Å². The molecule has 3 unspecified atom stereocenters. The Morgan fingerprint density at radius 3 is 2.45 bits per heavy atom. The number of para-hydroxylation sites is 1. The van der Waals surface area contributed by atoms with E-state index < -0.39 is 11.3 Å². The monoisotopic (exact) mass is 456 g/mol. The number of carbonyl (C=O) groups excluding carboxylic acids is 1. The van der Waals surface area contributed by atoms with Crippen LogP contribution in [0.2, 0.25) is 0 Å². The number of nitrogens with one attached hydrogen (secondary N) is 1. The predicted octanol–water partition coefficient (Wildman–Crippen LogP) is 4.19. The Balaban J connectivity index is 1.82. The van der Waals surface area contributed by atoms with Crippen LogP contribution in [0.25, 0.3) is 0 Å². The number of aromatic hydroxyl groups is 2. The van der Waals surface area contributed by atoms with Gasteiger partial charge in [-0.3, -0.25) is 4.79 Å². The molecule has 6 N–H and O–H groups in total. The Bertz CT molecular complexity index is 845. The number of hydrogen-bond acceptors (Lipinski definition) is 5. The van der Waals surface area contributed by atoms with Gasteiger partial charge in [-0.05, 0) is 50.6 Å². The molecule has 1 saturated heterocycles. The smallest absolute Gasteiger partial charge is 0.248 e. The molecule has 1 aliphatic carbocycles. The lowest BCUT2D eigenvalue weighted by atomic mass is 9.61. The molecular weight excluding hydrogens is 416 g/mol. The first-order valence-corrected chi connectivity index (χ1v) is 12.5. The molecule has 1 amide bonds. The molecule has 0 radical (unpaired) electrons. The van der Waals surface area contributed by atoms with Gasteiger partial charge in [0.25, 0.3) is 0 Å². The fourth-order valence-corrected chi connectivity index (χ4v) is 5.65. The van der Waals surface area contributed by atoms with Crippen LogP contribution in [0.3, 0.4) is 0 Å². The highest BCUT2D eigenvalue weighted by Crippen LogP contribution is 2.50. The lowest BCUT2D eigenvalue weighted by Gasteiger charge is -2.44. The zero-order chi connectivity index (χ0) is 23.7. The Hall–Kier alpha value is -2.31. The normalized spacial score (nSPS) is 23.4. The minimum absolute atomic E-state index is 0.0787. The molecule has 0 spiro atoms. The van der Waals surface area contributed by atoms with Gasteiger partial charge >= 0.3 is 0 Å². The molecule has 3 rings (SSSR count). The molecule has 33 heavy (non-hydrogen) atoms. The van der Waals surface area contributed by atoms with Gasteiger partial charge in [0.1, 0.15) is 0 Å². The van der Waals surface area contributed by atoms with Gasteiger partial charge in [-0.25, -0.2) is 0 Å². The molecule has 3 atom stereocenters. The van der Waals surface area contributed by atoms with E-state index in [1.807, 2.05) is 18.2 Å². The number of carbonyl (C=O) groups is 1. The fraction of sp³-hybridized carbons (Fsp3) is 0.593. The van der Waals surface area contributed by atoms with Gasteiger partial charge in [0.2, 0.25) is 5.91 Å². The highest BCUT2D eigenvalue weighted by Gasteiger charge is 2.45. The quantitative estimate of drug-likeness (QED) is 0.225. The molecule has 6 nitrogen and oxygen atoms in total. The molecule has 1 aliphatic heterocycles. The van der Waals surface area contributed by atoms with Crippen molar-refractivity contribution in [1.82, 2.24) is 5.32 Å². The maximum Gasteiger partial charge on any atom is 0.248 e. The number of amides is 1. The zero-order valence-corrected chi connectivity index (χ0v) is 19.6. The maximum absolute atomic E-state index is 11.8. The van der Waals surface area contributed by atoms with Crippen LogP contribution < -0.4 is 11.1 Å². The SMILES string of the molecule is NC(=O)C1=CCC(c2cccc(O)c2O)(C(CCCCCCCCCO)C2CCCN2)C=C1. The minimum atomic E-state index is -0.523. The number of allylic oxidation sites excluding steroid dienone is 2. The molecule has 1 fully saturated rings. The molecule has 0 saturated carbocycles. The van der Waals surface area contributed by atoms with Crippen molar-refractivity contribution in [3.63, 3.8) is 0 Å². The Kier molecular flexibility index (Phi) is 9.39. The molecule has 1 aromatic carbocycles. The zero-order valence-electron chi connectivity index (χ0n) is 19.6. The van der Waals surface area contributed by atoms with Crippen molar-refractivity contribution in [1.29, 1.82) is 0 Å². The van der Waals surface area contributed by atoms with Crippen molar-refractivity contribution in [2.24, 2.45) is 11.7 Å². The van der Waals surface area contributed by atoms with Crippen LogP contribution in [0, 0.1) is 5.92 Å². The van der Waals surface area contributed by atoms with Crippen molar-refractivity contribution < 1.29 is 20.1 Å². The van der Waals surface area contributed by atoms with E-state index in [0.717, 1.165) is 51.5 Å². The van der Waals surface area contributed by atoms with Crippen LogP contribution in [0.1, 0.15) is 76.2 Å². The van der Waals surface area contributed by atoms with Crippen LogP contribution in [-0.4, -0.2) is 40.4 Å². The summed E-state index contributed by atoms with van der Waals surface area (Å²) in [6.07, 6.45) is 17.2. The summed E-state index contributed by atoms with van der Waals surface area (Å²) in [4.78, 5) is 11.8. The van der Waals surface area contributed by atoms with Crippen LogP contribution in [0.4, 0.5) is 0 Å². The Labute approximate surface area is 197 Å². The summed E-state index contributed by atoms with van der Waals surface area (Å²) in [5, 5.41) is 33.7. The topological polar surface area (TPSA) is 116 Å². The first-order chi connectivity index (χ1) is 16.0. The van der Waals surface area contributed by atoms with Crippen LogP contribution in [0.5, 0.6) is 11.5 Å². The molecule has 2 aliphatic rings. The highest BCUT2D eigenvalue weighted by molar-refractivity contribution is 5.95. The molecular formula is C27H40N2O4. The summed E-state index contributed by atoms with van der Waals surface area (Å²) in [7, 11) is 0. The first kappa shape index (κ1) is 25.3. The number of rotatable bonds is 13. The van der Waals surface area contributed by atoms with Gasteiger partial charge in [-0.1, -0.05) is 68.9 Å². The lowest BCUT2D eigenvalue weighted by molar-refractivity contribution is -0.114. The highest BCUT2D eigenvalue weighted by atomic mass is 16.3. The molecule has 0 bridgehead atoms. The van der Waals surface area contributed by atoms with Crippen molar-refractivity contribution in [3.05, 3.63) is 47.6 Å². The average Bonchev–Trinajstić information content (AvgIpc) is 3.34. The number of primary amides is 1. The minimum Gasteiger partial charge on any atom is -0.504 e. The Morgan fingerprint density at radius 2 is 1.85 bits per heavy atom. The van der Waals surface area contributed by atoms with Crippen LogP contribution in [0.15, 0.2) is 42.0 Å². The summed E-state index contributed by atoms with van der Waals surface area (Å²) in [6.45, 7) is 1.26. The van der Waals surface area contributed by atoms with Crippen molar-refractivity contribution in [3.8, 4) is 11.5 Å². The summed E-state index contributed by atoms with van der Waals surface area (Å²) < 4.78 is 0. The van der Waals surface area contributed by atoms with Gasteiger partial charge < -0.3 is 26.4 Å². The summed E-state index contributed by atoms with van der Waals surface area (Å²) in [5.74, 6) is -0.434. The molecule has 1 heterocycles. The predicted molar refractivity (Wildman–Crippen MR) is 131 cm³/mol. The largest absolute Gasteiger partial charge is 0.504 e. The lowest BCUT2D eigenvalue weighted by Crippen LogP contribution is -2.45. The van der Waals surface area contributed by atoms with Gasteiger partial charge in [0, 0.05) is 29.2 Å². The number of aliphatic hydroxyl groups excluding tert-OH is 1. The van der Waals surface area contributed by atoms with Gasteiger partial charge in [0.05, 0.1) is 0 Å². The maximum atomic E-state index is 11.8. The standard InChI is InChI=1S/C27H40N2O4/c28-26(33)20-14-16-27(17-15-20,22-11-8-13-24(31)25(22)32)21(23-12-9-18-29-23)10-6-4-2-1-3-5-7-19-30/h8,11,13-16,21,23,29-32H,1-7,9-10,12,17-19H2,(H2,28,33). The third-order valence-electron chi connectivity index (χ3n) is 7.44. The van der Waals surface area contributed by atoms with E-state index in [1.54, 1.807) is 12.1 Å². The summed E-state index contributed by atoms with van der Waals surface area (Å²) in [5.41, 5.74) is 6.21. The van der Waals surface area contributed by atoms with E-state index in [-0.39, 0.29) is 24.0 Å². The number of nitrogens with two attached hydrogens (primary N) is 1. The number of benzene rings is 1. The molecule has 6 heteroatoms. The van der Waals surface area contributed by atoms with Crippen molar-refractivity contribution in [2.45, 2.75) is 82.1 Å². The van der Waals surface area contributed by atoms with Gasteiger partial charge in [-0.2, -0.15) is 0 Å².